The van der Waals surface area contributed by atoms with Crippen LogP contribution in [0.2, 0.25) is 0 Å². The highest BCUT2D eigenvalue weighted by Gasteiger charge is 2.31. The van der Waals surface area contributed by atoms with Crippen LogP contribution in [0.25, 0.3) is 22.4 Å². The molecular formula is C33H33N3O4. The van der Waals surface area contributed by atoms with Crippen molar-refractivity contribution in [1.29, 1.82) is 0 Å². The largest absolute Gasteiger partial charge is 0.458 e. The van der Waals surface area contributed by atoms with E-state index in [1.807, 2.05) is 55.5 Å². The average molecular weight is 536 g/mol. The Hall–Kier alpha value is -4.52. The fraction of sp³-hybridized carbons (Fsp3) is 0.273. The van der Waals surface area contributed by atoms with Crippen LogP contribution in [0.15, 0.2) is 85.3 Å². The van der Waals surface area contributed by atoms with Gasteiger partial charge < -0.3 is 14.8 Å². The van der Waals surface area contributed by atoms with Crippen LogP contribution in [0, 0.1) is 6.92 Å². The number of hydrogen-bond acceptors (Lipinski definition) is 6. The second kappa shape index (κ2) is 11.3. The van der Waals surface area contributed by atoms with E-state index in [1.165, 1.54) is 6.33 Å². The first-order valence-corrected chi connectivity index (χ1v) is 13.4. The Morgan fingerprint density at radius 3 is 2.12 bits per heavy atom. The van der Waals surface area contributed by atoms with Crippen molar-refractivity contribution in [1.82, 2.24) is 15.3 Å². The molecule has 0 bridgehead atoms. The van der Waals surface area contributed by atoms with Crippen LogP contribution in [-0.4, -0.2) is 40.3 Å². The SMILES string of the molecule is Cc1ccccc1-c1ncncc1CC(NC(=O)OCC1c2ccccc2-c2ccccc21)C(=O)OC(C)(C)C. The lowest BCUT2D eigenvalue weighted by atomic mass is 9.98. The maximum absolute atomic E-state index is 13.3. The summed E-state index contributed by atoms with van der Waals surface area (Å²) in [4.78, 5) is 35.1. The van der Waals surface area contributed by atoms with Gasteiger partial charge in [0.15, 0.2) is 0 Å². The van der Waals surface area contributed by atoms with Crippen LogP contribution in [0.4, 0.5) is 4.79 Å². The molecule has 1 atom stereocenters. The second-order valence-electron chi connectivity index (χ2n) is 11.0. The zero-order valence-electron chi connectivity index (χ0n) is 23.2. The average Bonchev–Trinajstić information content (AvgIpc) is 3.25. The molecule has 0 radical (unpaired) electrons. The molecule has 0 fully saturated rings. The molecule has 4 aromatic rings. The van der Waals surface area contributed by atoms with Gasteiger partial charge in [-0.15, -0.1) is 0 Å². The van der Waals surface area contributed by atoms with Gasteiger partial charge in [0, 0.05) is 24.1 Å². The van der Waals surface area contributed by atoms with E-state index in [1.54, 1.807) is 27.0 Å². The number of hydrogen-bond donors (Lipinski definition) is 1. The van der Waals surface area contributed by atoms with Crippen molar-refractivity contribution in [2.45, 2.75) is 51.7 Å². The fourth-order valence-electron chi connectivity index (χ4n) is 5.16. The van der Waals surface area contributed by atoms with Crippen LogP contribution < -0.4 is 5.32 Å². The van der Waals surface area contributed by atoms with Gasteiger partial charge in [-0.3, -0.25) is 0 Å². The van der Waals surface area contributed by atoms with Gasteiger partial charge >= 0.3 is 12.1 Å². The molecule has 0 saturated carbocycles. The molecule has 1 unspecified atom stereocenters. The van der Waals surface area contributed by atoms with Gasteiger partial charge in [0.2, 0.25) is 0 Å². The highest BCUT2D eigenvalue weighted by molar-refractivity contribution is 5.83. The number of carbonyl (C=O) groups excluding carboxylic acids is 2. The lowest BCUT2D eigenvalue weighted by Gasteiger charge is -2.25. The Morgan fingerprint density at radius 2 is 1.50 bits per heavy atom. The molecule has 40 heavy (non-hydrogen) atoms. The Kier molecular flexibility index (Phi) is 7.65. The molecule has 1 aliphatic carbocycles. The zero-order chi connectivity index (χ0) is 28.3. The first-order chi connectivity index (χ1) is 19.2. The van der Waals surface area contributed by atoms with Crippen molar-refractivity contribution >= 4 is 12.1 Å². The molecule has 0 aliphatic heterocycles. The summed E-state index contributed by atoms with van der Waals surface area (Å²) in [7, 11) is 0. The topological polar surface area (TPSA) is 90.4 Å². The number of ether oxygens (including phenoxy) is 2. The fourth-order valence-corrected chi connectivity index (χ4v) is 5.16. The molecule has 7 heteroatoms. The first kappa shape index (κ1) is 27.1. The number of nitrogens with zero attached hydrogens (tertiary/aromatic N) is 2. The van der Waals surface area contributed by atoms with Crippen molar-refractivity contribution in [2.24, 2.45) is 0 Å². The maximum Gasteiger partial charge on any atom is 0.407 e. The molecule has 204 valence electrons. The van der Waals surface area contributed by atoms with E-state index in [4.69, 9.17) is 9.47 Å². The van der Waals surface area contributed by atoms with Crippen molar-refractivity contribution in [3.63, 3.8) is 0 Å². The Labute approximate surface area is 234 Å². The van der Waals surface area contributed by atoms with Gasteiger partial charge in [0.1, 0.15) is 24.6 Å². The van der Waals surface area contributed by atoms with Gasteiger partial charge in [-0.25, -0.2) is 19.6 Å². The van der Waals surface area contributed by atoms with Crippen LogP contribution in [0.5, 0.6) is 0 Å². The van der Waals surface area contributed by atoms with Crippen molar-refractivity contribution in [3.8, 4) is 22.4 Å². The van der Waals surface area contributed by atoms with Crippen LogP contribution in [-0.2, 0) is 20.7 Å². The smallest absolute Gasteiger partial charge is 0.407 e. The summed E-state index contributed by atoms with van der Waals surface area (Å²) in [5.74, 6) is -0.645. The van der Waals surface area contributed by atoms with E-state index in [0.717, 1.165) is 33.4 Å². The number of aromatic nitrogens is 2. The lowest BCUT2D eigenvalue weighted by Crippen LogP contribution is -2.46. The molecule has 0 saturated heterocycles. The van der Waals surface area contributed by atoms with Crippen molar-refractivity contribution in [3.05, 3.63) is 108 Å². The third-order valence-corrected chi connectivity index (χ3v) is 6.94. The van der Waals surface area contributed by atoms with Gasteiger partial charge in [0.05, 0.1) is 5.69 Å². The third kappa shape index (κ3) is 5.88. The summed E-state index contributed by atoms with van der Waals surface area (Å²) in [6.45, 7) is 7.52. The van der Waals surface area contributed by atoms with Crippen LogP contribution in [0.1, 0.15) is 48.9 Å². The number of amides is 1. The number of nitrogens with one attached hydrogen (secondary N) is 1. The van der Waals surface area contributed by atoms with E-state index < -0.39 is 23.7 Å². The number of carbonyl (C=O) groups is 2. The predicted molar refractivity (Wildman–Crippen MR) is 154 cm³/mol. The molecule has 1 aliphatic rings. The van der Waals surface area contributed by atoms with E-state index >= 15 is 0 Å². The molecular weight excluding hydrogens is 502 g/mol. The lowest BCUT2D eigenvalue weighted by molar-refractivity contribution is -0.157. The van der Waals surface area contributed by atoms with Gasteiger partial charge in [-0.2, -0.15) is 0 Å². The van der Waals surface area contributed by atoms with Crippen molar-refractivity contribution in [2.75, 3.05) is 6.61 Å². The van der Waals surface area contributed by atoms with E-state index in [9.17, 15) is 9.59 Å². The zero-order valence-corrected chi connectivity index (χ0v) is 23.2. The Bertz CT molecular complexity index is 1500. The Morgan fingerprint density at radius 1 is 0.900 bits per heavy atom. The number of benzene rings is 3. The standard InChI is InChI=1S/C33H33N3O4/c1-21-11-5-6-12-23(21)30-22(18-34-20-35-30)17-29(31(37)40-33(2,3)4)36-32(38)39-19-28-26-15-9-7-13-24(26)25-14-8-10-16-27(25)28/h5-16,18,20,28-29H,17,19H2,1-4H3,(H,36,38). The van der Waals surface area contributed by atoms with Crippen LogP contribution >= 0.6 is 0 Å². The highest BCUT2D eigenvalue weighted by atomic mass is 16.6. The summed E-state index contributed by atoms with van der Waals surface area (Å²) in [6.07, 6.45) is 2.61. The molecule has 1 heterocycles. The Balaban J connectivity index is 1.36. The van der Waals surface area contributed by atoms with Gasteiger partial charge in [-0.05, 0) is 61.1 Å². The number of aryl methyl sites for hydroxylation is 1. The van der Waals surface area contributed by atoms with Gasteiger partial charge in [-0.1, -0.05) is 72.8 Å². The number of esters is 1. The summed E-state index contributed by atoms with van der Waals surface area (Å²) in [6, 6.07) is 23.2. The molecule has 5 rings (SSSR count). The summed E-state index contributed by atoms with van der Waals surface area (Å²) in [5.41, 5.74) is 7.18. The highest BCUT2D eigenvalue weighted by Crippen LogP contribution is 2.44. The monoisotopic (exact) mass is 535 g/mol. The van der Waals surface area contributed by atoms with E-state index in [0.29, 0.717) is 11.3 Å². The summed E-state index contributed by atoms with van der Waals surface area (Å²) in [5, 5.41) is 2.76. The number of fused-ring (bicyclic) bond motifs is 3. The van der Waals surface area contributed by atoms with Crippen molar-refractivity contribution < 1.29 is 19.1 Å². The summed E-state index contributed by atoms with van der Waals surface area (Å²) < 4.78 is 11.4. The molecule has 1 N–H and O–H groups in total. The number of rotatable bonds is 7. The number of alkyl carbamates (subject to hydrolysis) is 1. The minimum Gasteiger partial charge on any atom is -0.458 e. The molecule has 3 aromatic carbocycles. The van der Waals surface area contributed by atoms with E-state index in [-0.39, 0.29) is 18.9 Å². The first-order valence-electron chi connectivity index (χ1n) is 13.4. The second-order valence-corrected chi connectivity index (χ2v) is 11.0. The maximum atomic E-state index is 13.3. The van der Waals surface area contributed by atoms with Crippen LogP contribution in [0.3, 0.4) is 0 Å². The molecule has 7 nitrogen and oxygen atoms in total. The minimum atomic E-state index is -0.997. The molecule has 1 amide bonds. The predicted octanol–water partition coefficient (Wildman–Crippen LogP) is 6.24. The minimum absolute atomic E-state index is 0.0895. The quantitative estimate of drug-likeness (QED) is 0.282. The van der Waals surface area contributed by atoms with Gasteiger partial charge in [0.25, 0.3) is 0 Å². The third-order valence-electron chi connectivity index (χ3n) is 6.94. The molecule has 1 aromatic heterocycles. The normalized spacial score (nSPS) is 13.2. The summed E-state index contributed by atoms with van der Waals surface area (Å²) >= 11 is 0. The molecule has 0 spiro atoms. The van der Waals surface area contributed by atoms with E-state index in [2.05, 4.69) is 39.6 Å².